The minimum absolute atomic E-state index is 0.314. The Balaban J connectivity index is 1.87. The third-order valence-electron chi connectivity index (χ3n) is 5.71. The Kier molecular flexibility index (Phi) is 4.39. The lowest BCUT2D eigenvalue weighted by molar-refractivity contribution is 0.787. The van der Waals surface area contributed by atoms with E-state index >= 15 is 0 Å². The molecule has 0 atom stereocenters. The predicted octanol–water partition coefficient (Wildman–Crippen LogP) is 5.50. The van der Waals surface area contributed by atoms with Gasteiger partial charge < -0.3 is 4.57 Å². The van der Waals surface area contributed by atoms with E-state index < -0.39 is 0 Å². The lowest BCUT2D eigenvalue weighted by atomic mass is 10.0. The van der Waals surface area contributed by atoms with E-state index in [1.165, 1.54) is 0 Å². The summed E-state index contributed by atoms with van der Waals surface area (Å²) in [4.78, 5) is 4.62. The molecule has 0 aliphatic rings. The summed E-state index contributed by atoms with van der Waals surface area (Å²) in [6, 6.07) is 21.8. The number of aryl methyl sites for hydroxylation is 2. The van der Waals surface area contributed by atoms with Crippen LogP contribution in [0, 0.1) is 23.7 Å². The number of nitrogens with zero attached hydrogens (tertiary/aromatic N) is 4. The van der Waals surface area contributed by atoms with Gasteiger partial charge >= 0.3 is 0 Å². The van der Waals surface area contributed by atoms with Crippen molar-refractivity contribution in [2.24, 2.45) is 7.05 Å². The minimum atomic E-state index is 0.314. The topological polar surface area (TPSA) is 70.4 Å². The number of hydrogen-bond donors (Lipinski definition) is 1. The van der Waals surface area contributed by atoms with Gasteiger partial charge in [-0.15, -0.1) is 0 Å². The van der Waals surface area contributed by atoms with Crippen LogP contribution in [0.15, 0.2) is 66.9 Å². The molecular weight excluding hydrogens is 406 g/mol. The van der Waals surface area contributed by atoms with Crippen LogP contribution in [0.1, 0.15) is 11.1 Å². The molecule has 0 radical (unpaired) electrons. The second-order valence-electron chi connectivity index (χ2n) is 7.56. The van der Waals surface area contributed by atoms with E-state index in [-0.39, 0.29) is 0 Å². The first-order valence-electron chi connectivity index (χ1n) is 9.80. The highest BCUT2D eigenvalue weighted by Gasteiger charge is 2.16. The first-order valence-corrected chi connectivity index (χ1v) is 10.2. The van der Waals surface area contributed by atoms with Crippen LogP contribution in [0.3, 0.4) is 0 Å². The van der Waals surface area contributed by atoms with E-state index in [0.29, 0.717) is 16.2 Å². The summed E-state index contributed by atoms with van der Waals surface area (Å²) in [6.45, 7) is 1.91. The lowest BCUT2D eigenvalue weighted by Gasteiger charge is -2.10. The highest BCUT2D eigenvalue weighted by molar-refractivity contribution is 6.30. The van der Waals surface area contributed by atoms with Gasteiger partial charge in [0.2, 0.25) is 5.62 Å². The van der Waals surface area contributed by atoms with E-state index in [9.17, 15) is 5.26 Å². The van der Waals surface area contributed by atoms with Crippen molar-refractivity contribution in [1.29, 1.82) is 10.7 Å². The summed E-state index contributed by atoms with van der Waals surface area (Å²) >= 11 is 6.06. The molecule has 0 fully saturated rings. The van der Waals surface area contributed by atoms with E-state index in [1.54, 1.807) is 6.20 Å². The number of pyridine rings is 1. The van der Waals surface area contributed by atoms with Crippen LogP contribution in [-0.2, 0) is 7.05 Å². The Morgan fingerprint density at radius 1 is 1.00 bits per heavy atom. The van der Waals surface area contributed by atoms with E-state index in [2.05, 4.69) is 17.1 Å². The van der Waals surface area contributed by atoms with Crippen molar-refractivity contribution in [3.05, 3.63) is 88.6 Å². The SMILES string of the molecule is Cc1ccc(-n2c(=N)n(C)c3cnc4ccc(-c5ccc(Cl)cc5)cc4c32)cc1C#N. The summed E-state index contributed by atoms with van der Waals surface area (Å²) in [5, 5.41) is 19.9. The molecule has 6 heteroatoms. The van der Waals surface area contributed by atoms with Crippen LogP contribution in [0.5, 0.6) is 0 Å². The summed E-state index contributed by atoms with van der Waals surface area (Å²) in [6.07, 6.45) is 1.80. The van der Waals surface area contributed by atoms with Crippen molar-refractivity contribution in [1.82, 2.24) is 14.1 Å². The maximum atomic E-state index is 9.50. The largest absolute Gasteiger partial charge is 0.312 e. The molecule has 5 rings (SSSR count). The van der Waals surface area contributed by atoms with Crippen LogP contribution in [-0.4, -0.2) is 14.1 Å². The highest BCUT2D eigenvalue weighted by Crippen LogP contribution is 2.30. The zero-order chi connectivity index (χ0) is 21.7. The van der Waals surface area contributed by atoms with E-state index in [0.717, 1.165) is 44.3 Å². The van der Waals surface area contributed by atoms with Crippen LogP contribution in [0.4, 0.5) is 0 Å². The van der Waals surface area contributed by atoms with E-state index in [4.69, 9.17) is 17.0 Å². The van der Waals surface area contributed by atoms with Gasteiger partial charge in [-0.1, -0.05) is 35.9 Å². The zero-order valence-electron chi connectivity index (χ0n) is 17.0. The van der Waals surface area contributed by atoms with Gasteiger partial charge in [0.05, 0.1) is 40.1 Å². The predicted molar refractivity (Wildman–Crippen MR) is 123 cm³/mol. The maximum Gasteiger partial charge on any atom is 0.207 e. The van der Waals surface area contributed by atoms with Crippen molar-refractivity contribution in [2.45, 2.75) is 6.92 Å². The average Bonchev–Trinajstić information content (AvgIpc) is 3.05. The summed E-state index contributed by atoms with van der Waals surface area (Å²) in [5.74, 6) is 0. The molecule has 0 aliphatic heterocycles. The van der Waals surface area contributed by atoms with Crippen molar-refractivity contribution >= 4 is 33.5 Å². The second kappa shape index (κ2) is 7.12. The van der Waals surface area contributed by atoms with Crippen molar-refractivity contribution in [3.63, 3.8) is 0 Å². The fraction of sp³-hybridized carbons (Fsp3) is 0.0800. The number of nitriles is 1. The van der Waals surface area contributed by atoms with Gasteiger partial charge in [0.15, 0.2) is 0 Å². The number of imidazole rings is 1. The molecule has 0 unspecified atom stereocenters. The number of hydrogen-bond acceptors (Lipinski definition) is 3. The van der Waals surface area contributed by atoms with Gasteiger partial charge in [-0.2, -0.15) is 5.26 Å². The Hall–Kier alpha value is -3.88. The molecule has 2 heterocycles. The molecule has 1 N–H and O–H groups in total. The number of benzene rings is 3. The number of halogens is 1. The molecule has 3 aromatic carbocycles. The summed E-state index contributed by atoms with van der Waals surface area (Å²) in [5.41, 5.74) is 7.29. The smallest absolute Gasteiger partial charge is 0.207 e. The normalized spacial score (nSPS) is 11.2. The molecular formula is C25H18ClN5. The van der Waals surface area contributed by atoms with Crippen molar-refractivity contribution < 1.29 is 0 Å². The van der Waals surface area contributed by atoms with Crippen LogP contribution >= 0.6 is 11.6 Å². The number of aromatic nitrogens is 3. The third-order valence-corrected chi connectivity index (χ3v) is 5.96. The van der Waals surface area contributed by atoms with Crippen molar-refractivity contribution in [3.8, 4) is 22.9 Å². The van der Waals surface area contributed by atoms with Crippen LogP contribution in [0.25, 0.3) is 38.8 Å². The number of nitrogens with one attached hydrogen (secondary N) is 1. The Labute approximate surface area is 183 Å². The Morgan fingerprint density at radius 2 is 1.74 bits per heavy atom. The third kappa shape index (κ3) is 3.00. The molecule has 0 bridgehead atoms. The number of rotatable bonds is 2. The van der Waals surface area contributed by atoms with Crippen LogP contribution in [0.2, 0.25) is 5.02 Å². The minimum Gasteiger partial charge on any atom is -0.312 e. The van der Waals surface area contributed by atoms with Gasteiger partial charge in [0.1, 0.15) is 0 Å². The first kappa shape index (κ1) is 19.1. The fourth-order valence-corrected chi connectivity index (χ4v) is 4.09. The molecule has 0 aliphatic carbocycles. The lowest BCUT2D eigenvalue weighted by Crippen LogP contribution is -2.21. The molecule has 0 amide bonds. The first-order chi connectivity index (χ1) is 15.0. The molecule has 5 nitrogen and oxygen atoms in total. The highest BCUT2D eigenvalue weighted by atomic mass is 35.5. The van der Waals surface area contributed by atoms with Crippen molar-refractivity contribution in [2.75, 3.05) is 0 Å². The Bertz CT molecular complexity index is 1580. The van der Waals surface area contributed by atoms with Gasteiger partial charge in [0.25, 0.3) is 0 Å². The van der Waals surface area contributed by atoms with Crippen LogP contribution < -0.4 is 5.62 Å². The molecule has 31 heavy (non-hydrogen) atoms. The quantitative estimate of drug-likeness (QED) is 0.407. The zero-order valence-corrected chi connectivity index (χ0v) is 17.8. The molecule has 5 aromatic rings. The summed E-state index contributed by atoms with van der Waals surface area (Å²) in [7, 11) is 1.86. The number of fused-ring (bicyclic) bond motifs is 3. The molecule has 0 saturated carbocycles. The van der Waals surface area contributed by atoms with E-state index in [1.807, 2.05) is 77.7 Å². The monoisotopic (exact) mass is 423 g/mol. The summed E-state index contributed by atoms with van der Waals surface area (Å²) < 4.78 is 3.69. The molecule has 2 aromatic heterocycles. The van der Waals surface area contributed by atoms with Gasteiger partial charge in [-0.3, -0.25) is 15.0 Å². The van der Waals surface area contributed by atoms with Gasteiger partial charge in [-0.05, 0) is 60.0 Å². The standard InChI is InChI=1S/C25H18ClN5/c1-15-3-9-20(11-18(15)13-27)31-24-21-12-17(16-4-7-19(26)8-5-16)6-10-22(21)29-14-23(24)30(2)25(31)28/h3-12,14,28H,1-2H3. The van der Waals surface area contributed by atoms with Gasteiger partial charge in [-0.25, -0.2) is 0 Å². The average molecular weight is 424 g/mol. The molecule has 0 spiro atoms. The second-order valence-corrected chi connectivity index (χ2v) is 8.00. The molecule has 0 saturated heterocycles. The maximum absolute atomic E-state index is 9.50. The van der Waals surface area contributed by atoms with Gasteiger partial charge in [0, 0.05) is 17.5 Å². The fourth-order valence-electron chi connectivity index (χ4n) is 3.96. The Morgan fingerprint density at radius 3 is 2.48 bits per heavy atom. The molecule has 150 valence electrons.